The third-order valence-corrected chi connectivity index (χ3v) is 2.13. The molecule has 0 heterocycles. The summed E-state index contributed by atoms with van der Waals surface area (Å²) in [7, 11) is 1.70. The molecule has 0 aromatic heterocycles. The largest absolute Gasteiger partial charge is 0.385 e. The molecular formula is C12H27NO3. The second kappa shape index (κ2) is 12.9. The number of nitrogens with one attached hydrogen (secondary N) is 1. The summed E-state index contributed by atoms with van der Waals surface area (Å²) in [5.41, 5.74) is 0. The van der Waals surface area contributed by atoms with Crippen LogP contribution in [0.5, 0.6) is 0 Å². The second-order valence-corrected chi connectivity index (χ2v) is 3.84. The Kier molecular flexibility index (Phi) is 12.8. The number of rotatable bonds is 12. The van der Waals surface area contributed by atoms with Crippen molar-refractivity contribution < 1.29 is 14.2 Å². The highest BCUT2D eigenvalue weighted by Crippen LogP contribution is 1.90. The Labute approximate surface area is 99.6 Å². The standard InChI is InChI=1S/C12H27NO3/c1-4-6-13-11-12(2)16-10-9-15-8-5-7-14-3/h12-13H,4-11H2,1-3H3. The van der Waals surface area contributed by atoms with E-state index in [1.54, 1.807) is 7.11 Å². The van der Waals surface area contributed by atoms with Gasteiger partial charge in [-0.05, 0) is 26.3 Å². The predicted molar refractivity (Wildman–Crippen MR) is 65.9 cm³/mol. The molecule has 0 aliphatic carbocycles. The molecule has 0 saturated heterocycles. The van der Waals surface area contributed by atoms with Crippen LogP contribution in [0, 0.1) is 0 Å². The minimum atomic E-state index is 0.258. The predicted octanol–water partition coefficient (Wildman–Crippen LogP) is 1.44. The molecule has 1 unspecified atom stereocenters. The van der Waals surface area contributed by atoms with E-state index in [0.717, 1.165) is 39.1 Å². The fourth-order valence-corrected chi connectivity index (χ4v) is 1.26. The highest BCUT2D eigenvalue weighted by molar-refractivity contribution is 4.54. The van der Waals surface area contributed by atoms with Crippen LogP contribution >= 0.6 is 0 Å². The minimum Gasteiger partial charge on any atom is -0.385 e. The zero-order chi connectivity index (χ0) is 12.1. The average Bonchev–Trinajstić information content (AvgIpc) is 2.28. The third-order valence-electron chi connectivity index (χ3n) is 2.13. The lowest BCUT2D eigenvalue weighted by Gasteiger charge is -2.13. The summed E-state index contributed by atoms with van der Waals surface area (Å²) in [5, 5.41) is 3.32. The van der Waals surface area contributed by atoms with Crippen molar-refractivity contribution in [3.8, 4) is 0 Å². The first kappa shape index (κ1) is 15.8. The molecule has 0 spiro atoms. The van der Waals surface area contributed by atoms with E-state index < -0.39 is 0 Å². The van der Waals surface area contributed by atoms with Gasteiger partial charge in [0.25, 0.3) is 0 Å². The Hall–Kier alpha value is -0.160. The first-order valence-corrected chi connectivity index (χ1v) is 6.20. The molecule has 4 nitrogen and oxygen atoms in total. The third kappa shape index (κ3) is 11.9. The SMILES string of the molecule is CCCNCC(C)OCCOCCCOC. The highest BCUT2D eigenvalue weighted by Gasteiger charge is 2.00. The van der Waals surface area contributed by atoms with Gasteiger partial charge in [0.05, 0.1) is 19.3 Å². The van der Waals surface area contributed by atoms with E-state index in [4.69, 9.17) is 14.2 Å². The summed E-state index contributed by atoms with van der Waals surface area (Å²) in [5.74, 6) is 0. The monoisotopic (exact) mass is 233 g/mol. The van der Waals surface area contributed by atoms with Crippen molar-refractivity contribution in [3.63, 3.8) is 0 Å². The van der Waals surface area contributed by atoms with Gasteiger partial charge in [-0.15, -0.1) is 0 Å². The van der Waals surface area contributed by atoms with E-state index in [0.29, 0.717) is 13.2 Å². The molecule has 0 bridgehead atoms. The van der Waals surface area contributed by atoms with E-state index in [1.165, 1.54) is 0 Å². The van der Waals surface area contributed by atoms with Crippen LogP contribution in [0.15, 0.2) is 0 Å². The van der Waals surface area contributed by atoms with E-state index in [1.807, 2.05) is 0 Å². The molecule has 0 aromatic rings. The maximum Gasteiger partial charge on any atom is 0.0704 e. The van der Waals surface area contributed by atoms with Crippen molar-refractivity contribution in [2.75, 3.05) is 46.6 Å². The Morgan fingerprint density at radius 1 is 1.12 bits per heavy atom. The van der Waals surface area contributed by atoms with Gasteiger partial charge in [-0.1, -0.05) is 6.92 Å². The van der Waals surface area contributed by atoms with E-state index in [2.05, 4.69) is 19.2 Å². The minimum absolute atomic E-state index is 0.258. The maximum atomic E-state index is 5.58. The van der Waals surface area contributed by atoms with E-state index in [-0.39, 0.29) is 6.10 Å². The fraction of sp³-hybridized carbons (Fsp3) is 1.00. The van der Waals surface area contributed by atoms with Crippen LogP contribution in [-0.4, -0.2) is 52.7 Å². The number of hydrogen-bond acceptors (Lipinski definition) is 4. The lowest BCUT2D eigenvalue weighted by atomic mass is 10.4. The molecule has 0 rings (SSSR count). The zero-order valence-corrected chi connectivity index (χ0v) is 11.0. The Balaban J connectivity index is 3.06. The van der Waals surface area contributed by atoms with Crippen molar-refractivity contribution in [1.82, 2.24) is 5.32 Å². The van der Waals surface area contributed by atoms with Crippen LogP contribution in [0.1, 0.15) is 26.7 Å². The second-order valence-electron chi connectivity index (χ2n) is 3.84. The van der Waals surface area contributed by atoms with Crippen LogP contribution in [0.2, 0.25) is 0 Å². The normalized spacial score (nSPS) is 12.9. The van der Waals surface area contributed by atoms with Gasteiger partial charge in [-0.25, -0.2) is 0 Å². The zero-order valence-electron chi connectivity index (χ0n) is 11.0. The summed E-state index contributed by atoms with van der Waals surface area (Å²) in [6, 6.07) is 0. The topological polar surface area (TPSA) is 39.7 Å². The smallest absolute Gasteiger partial charge is 0.0704 e. The molecular weight excluding hydrogens is 206 g/mol. The van der Waals surface area contributed by atoms with Gasteiger partial charge in [0, 0.05) is 26.9 Å². The van der Waals surface area contributed by atoms with Gasteiger partial charge in [0.1, 0.15) is 0 Å². The Morgan fingerprint density at radius 2 is 1.94 bits per heavy atom. The van der Waals surface area contributed by atoms with Gasteiger partial charge < -0.3 is 19.5 Å². The summed E-state index contributed by atoms with van der Waals surface area (Å²) >= 11 is 0. The quantitative estimate of drug-likeness (QED) is 0.518. The lowest BCUT2D eigenvalue weighted by Crippen LogP contribution is -2.28. The fourth-order valence-electron chi connectivity index (χ4n) is 1.26. The lowest BCUT2D eigenvalue weighted by molar-refractivity contribution is 0.00892. The van der Waals surface area contributed by atoms with E-state index in [9.17, 15) is 0 Å². The molecule has 0 saturated carbocycles. The molecule has 4 heteroatoms. The van der Waals surface area contributed by atoms with Crippen molar-refractivity contribution in [3.05, 3.63) is 0 Å². The van der Waals surface area contributed by atoms with Crippen molar-refractivity contribution in [1.29, 1.82) is 0 Å². The summed E-state index contributed by atoms with van der Waals surface area (Å²) in [6.45, 7) is 9.06. The van der Waals surface area contributed by atoms with Gasteiger partial charge >= 0.3 is 0 Å². The van der Waals surface area contributed by atoms with Crippen molar-refractivity contribution in [2.24, 2.45) is 0 Å². The molecule has 0 aliphatic heterocycles. The first-order chi connectivity index (χ1) is 7.81. The van der Waals surface area contributed by atoms with Gasteiger partial charge in [0.15, 0.2) is 0 Å². The molecule has 98 valence electrons. The molecule has 1 atom stereocenters. The highest BCUT2D eigenvalue weighted by atomic mass is 16.5. The van der Waals surface area contributed by atoms with Crippen LogP contribution in [-0.2, 0) is 14.2 Å². The molecule has 0 radical (unpaired) electrons. The molecule has 0 fully saturated rings. The number of hydrogen-bond donors (Lipinski definition) is 1. The molecule has 0 aromatic carbocycles. The molecule has 16 heavy (non-hydrogen) atoms. The molecule has 0 aliphatic rings. The number of methoxy groups -OCH3 is 1. The van der Waals surface area contributed by atoms with Crippen LogP contribution < -0.4 is 5.32 Å². The van der Waals surface area contributed by atoms with Crippen molar-refractivity contribution in [2.45, 2.75) is 32.8 Å². The Bertz CT molecular complexity index is 133. The van der Waals surface area contributed by atoms with Gasteiger partial charge in [-0.2, -0.15) is 0 Å². The van der Waals surface area contributed by atoms with E-state index >= 15 is 0 Å². The molecule has 1 N–H and O–H groups in total. The van der Waals surface area contributed by atoms with Gasteiger partial charge in [0.2, 0.25) is 0 Å². The maximum absolute atomic E-state index is 5.58. The summed E-state index contributed by atoms with van der Waals surface area (Å²) in [6.07, 6.45) is 2.37. The average molecular weight is 233 g/mol. The Morgan fingerprint density at radius 3 is 2.62 bits per heavy atom. The number of ether oxygens (including phenoxy) is 3. The van der Waals surface area contributed by atoms with Crippen LogP contribution in [0.4, 0.5) is 0 Å². The summed E-state index contributed by atoms with van der Waals surface area (Å²) < 4.78 is 15.9. The van der Waals surface area contributed by atoms with Gasteiger partial charge in [-0.3, -0.25) is 0 Å². The van der Waals surface area contributed by atoms with Crippen LogP contribution in [0.3, 0.4) is 0 Å². The molecule has 0 amide bonds. The summed E-state index contributed by atoms with van der Waals surface area (Å²) in [4.78, 5) is 0. The van der Waals surface area contributed by atoms with Crippen molar-refractivity contribution >= 4 is 0 Å². The van der Waals surface area contributed by atoms with Crippen LogP contribution in [0.25, 0.3) is 0 Å². The first-order valence-electron chi connectivity index (χ1n) is 6.20.